The van der Waals surface area contributed by atoms with E-state index < -0.39 is 11.4 Å². The zero-order valence-corrected chi connectivity index (χ0v) is 11.3. The number of benzene rings is 1. The molecule has 0 heterocycles. The van der Waals surface area contributed by atoms with Gasteiger partial charge in [0.05, 0.1) is 10.4 Å². The molecule has 2 N–H and O–H groups in total. The molecule has 0 bridgehead atoms. The van der Waals surface area contributed by atoms with Crippen LogP contribution >= 0.6 is 11.6 Å². The van der Waals surface area contributed by atoms with Crippen LogP contribution in [0.1, 0.15) is 50.2 Å². The Labute approximate surface area is 111 Å². The Hall–Kier alpha value is -1.22. The molecular formula is C14H17ClO3. The maximum atomic E-state index is 11.5. The van der Waals surface area contributed by atoms with Gasteiger partial charge in [-0.25, -0.2) is 0 Å². The van der Waals surface area contributed by atoms with Crippen molar-refractivity contribution in [1.82, 2.24) is 0 Å². The summed E-state index contributed by atoms with van der Waals surface area (Å²) in [5.41, 5.74) is 0.483. The summed E-state index contributed by atoms with van der Waals surface area (Å²) >= 11 is 6.01. The number of phenolic OH excluding ortho intramolecular Hbond substituents is 1. The van der Waals surface area contributed by atoms with Crippen LogP contribution < -0.4 is 0 Å². The van der Waals surface area contributed by atoms with Gasteiger partial charge in [0.1, 0.15) is 5.75 Å². The number of aromatic hydroxyl groups is 1. The number of carbonyl (C=O) groups is 1. The highest BCUT2D eigenvalue weighted by molar-refractivity contribution is 6.32. The van der Waals surface area contributed by atoms with E-state index in [2.05, 4.69) is 0 Å². The zero-order chi connectivity index (χ0) is 13.5. The van der Waals surface area contributed by atoms with Gasteiger partial charge in [0.2, 0.25) is 0 Å². The summed E-state index contributed by atoms with van der Waals surface area (Å²) < 4.78 is 0. The Morgan fingerprint density at radius 3 is 2.39 bits per heavy atom. The van der Waals surface area contributed by atoms with Crippen LogP contribution in [0.3, 0.4) is 0 Å². The maximum absolute atomic E-state index is 11.5. The summed E-state index contributed by atoms with van der Waals surface area (Å²) in [6.45, 7) is 4.03. The Morgan fingerprint density at radius 1 is 1.39 bits per heavy atom. The fourth-order valence-electron chi connectivity index (χ4n) is 2.45. The van der Waals surface area contributed by atoms with Gasteiger partial charge in [0.15, 0.2) is 0 Å². The van der Waals surface area contributed by atoms with E-state index in [0.717, 1.165) is 12.0 Å². The normalized spacial score (nSPS) is 17.6. The lowest BCUT2D eigenvalue weighted by Gasteiger charge is -2.38. The predicted octanol–water partition coefficient (Wildman–Crippen LogP) is 3.68. The number of aliphatic carboxylic acids is 1. The molecule has 0 amide bonds. The van der Waals surface area contributed by atoms with E-state index in [4.69, 9.17) is 11.6 Å². The van der Waals surface area contributed by atoms with E-state index in [1.54, 1.807) is 12.1 Å². The number of halogens is 1. The van der Waals surface area contributed by atoms with E-state index in [1.807, 2.05) is 13.8 Å². The third kappa shape index (κ3) is 1.87. The van der Waals surface area contributed by atoms with Crippen LogP contribution in [0.5, 0.6) is 5.75 Å². The van der Waals surface area contributed by atoms with Gasteiger partial charge >= 0.3 is 5.97 Å². The molecule has 0 radical (unpaired) electrons. The summed E-state index contributed by atoms with van der Waals surface area (Å²) in [4.78, 5) is 11.5. The highest BCUT2D eigenvalue weighted by Gasteiger charge is 2.48. The first-order valence-corrected chi connectivity index (χ1v) is 6.52. The molecule has 1 aromatic rings. The van der Waals surface area contributed by atoms with Crippen LogP contribution in [0.4, 0.5) is 0 Å². The molecule has 0 aliphatic heterocycles. The summed E-state index contributed by atoms with van der Waals surface area (Å²) in [5, 5.41) is 19.7. The summed E-state index contributed by atoms with van der Waals surface area (Å²) in [5.74, 6) is -0.711. The van der Waals surface area contributed by atoms with Crippen molar-refractivity contribution in [2.45, 2.75) is 44.4 Å². The van der Waals surface area contributed by atoms with Gasteiger partial charge in [0.25, 0.3) is 0 Å². The molecule has 0 saturated heterocycles. The van der Waals surface area contributed by atoms with E-state index >= 15 is 0 Å². The van der Waals surface area contributed by atoms with Crippen molar-refractivity contribution >= 4 is 17.6 Å². The average molecular weight is 269 g/mol. The number of rotatable bonds is 3. The largest absolute Gasteiger partial charge is 0.506 e. The highest BCUT2D eigenvalue weighted by atomic mass is 35.5. The van der Waals surface area contributed by atoms with Gasteiger partial charge in [-0.1, -0.05) is 37.9 Å². The van der Waals surface area contributed by atoms with Crippen LogP contribution in [0, 0.1) is 0 Å². The molecule has 2 rings (SSSR count). The van der Waals surface area contributed by atoms with E-state index in [9.17, 15) is 15.0 Å². The van der Waals surface area contributed by atoms with Crippen LogP contribution in [-0.4, -0.2) is 16.2 Å². The second kappa shape index (κ2) is 4.47. The first kappa shape index (κ1) is 13.2. The number of carboxylic acids is 1. The lowest BCUT2D eigenvalue weighted by Crippen LogP contribution is -2.42. The van der Waals surface area contributed by atoms with Crippen molar-refractivity contribution in [3.63, 3.8) is 0 Å². The lowest BCUT2D eigenvalue weighted by atomic mass is 9.64. The number of hydrogen-bond donors (Lipinski definition) is 2. The smallest absolute Gasteiger partial charge is 0.314 e. The van der Waals surface area contributed by atoms with Crippen molar-refractivity contribution in [3.05, 3.63) is 28.3 Å². The van der Waals surface area contributed by atoms with Gasteiger partial charge in [-0.15, -0.1) is 0 Å². The fourth-order valence-corrected chi connectivity index (χ4v) is 2.67. The van der Waals surface area contributed by atoms with E-state index in [-0.39, 0.29) is 16.7 Å². The Kier molecular flexibility index (Phi) is 3.28. The first-order valence-electron chi connectivity index (χ1n) is 6.15. The quantitative estimate of drug-likeness (QED) is 0.879. The summed E-state index contributed by atoms with van der Waals surface area (Å²) in [6, 6.07) is 3.50. The molecule has 98 valence electrons. The topological polar surface area (TPSA) is 57.5 Å². The molecule has 3 nitrogen and oxygen atoms in total. The van der Waals surface area contributed by atoms with Crippen molar-refractivity contribution in [2.24, 2.45) is 0 Å². The molecule has 0 atom stereocenters. The van der Waals surface area contributed by atoms with E-state index in [1.165, 1.54) is 0 Å². The summed E-state index contributed by atoms with van der Waals surface area (Å²) in [6.07, 6.45) is 2.00. The Morgan fingerprint density at radius 2 is 2.00 bits per heavy atom. The molecule has 1 aromatic carbocycles. The molecule has 1 fully saturated rings. The Bertz CT molecular complexity index is 490. The zero-order valence-electron chi connectivity index (χ0n) is 10.5. The van der Waals surface area contributed by atoms with Crippen LogP contribution in [0.15, 0.2) is 12.1 Å². The highest BCUT2D eigenvalue weighted by Crippen LogP contribution is 2.49. The van der Waals surface area contributed by atoms with Gasteiger partial charge < -0.3 is 10.2 Å². The van der Waals surface area contributed by atoms with Gasteiger partial charge in [-0.3, -0.25) is 4.79 Å². The molecule has 0 unspecified atom stereocenters. The summed E-state index contributed by atoms with van der Waals surface area (Å²) in [7, 11) is 0. The fraction of sp³-hybridized carbons (Fsp3) is 0.500. The van der Waals surface area contributed by atoms with Crippen molar-refractivity contribution < 1.29 is 15.0 Å². The standard InChI is InChI=1S/C14H17ClO3/c1-8(2)9-6-10(12(16)11(15)7-9)14(13(17)18)4-3-5-14/h6-8,16H,3-5H2,1-2H3,(H,17,18). The van der Waals surface area contributed by atoms with Crippen LogP contribution in [0.2, 0.25) is 5.02 Å². The molecular weight excluding hydrogens is 252 g/mol. The minimum Gasteiger partial charge on any atom is -0.506 e. The average Bonchev–Trinajstić information content (AvgIpc) is 2.21. The van der Waals surface area contributed by atoms with Gasteiger partial charge in [-0.2, -0.15) is 0 Å². The van der Waals surface area contributed by atoms with Crippen LogP contribution in [0.25, 0.3) is 0 Å². The SMILES string of the molecule is CC(C)c1cc(Cl)c(O)c(C2(C(=O)O)CCC2)c1. The van der Waals surface area contributed by atoms with Crippen molar-refractivity contribution in [1.29, 1.82) is 0 Å². The number of hydrogen-bond acceptors (Lipinski definition) is 2. The first-order chi connectivity index (χ1) is 8.38. The molecule has 0 aromatic heterocycles. The minimum atomic E-state index is -0.946. The monoisotopic (exact) mass is 268 g/mol. The molecule has 0 spiro atoms. The van der Waals surface area contributed by atoms with Crippen LogP contribution in [-0.2, 0) is 10.2 Å². The minimum absolute atomic E-state index is 0.0804. The third-order valence-corrected chi connectivity index (χ3v) is 4.17. The molecule has 1 aliphatic rings. The van der Waals surface area contributed by atoms with Gasteiger partial charge in [-0.05, 0) is 30.4 Å². The third-order valence-electron chi connectivity index (χ3n) is 3.88. The van der Waals surface area contributed by atoms with Gasteiger partial charge in [0, 0.05) is 5.56 Å². The number of carboxylic acid groups (broad SMARTS) is 1. The Balaban J connectivity index is 2.59. The van der Waals surface area contributed by atoms with Crippen molar-refractivity contribution in [3.8, 4) is 5.75 Å². The number of phenols is 1. The van der Waals surface area contributed by atoms with E-state index in [0.29, 0.717) is 18.4 Å². The molecule has 18 heavy (non-hydrogen) atoms. The maximum Gasteiger partial charge on any atom is 0.314 e. The second-order valence-electron chi connectivity index (χ2n) is 5.29. The second-order valence-corrected chi connectivity index (χ2v) is 5.70. The lowest BCUT2D eigenvalue weighted by molar-refractivity contribution is -0.147. The van der Waals surface area contributed by atoms with Crippen molar-refractivity contribution in [2.75, 3.05) is 0 Å². The molecule has 1 aliphatic carbocycles. The molecule has 1 saturated carbocycles. The molecule has 4 heteroatoms. The predicted molar refractivity (Wildman–Crippen MR) is 70.4 cm³/mol.